The van der Waals surface area contributed by atoms with Gasteiger partial charge in [0.25, 0.3) is 0 Å². The lowest BCUT2D eigenvalue weighted by atomic mass is 10.1. The van der Waals surface area contributed by atoms with Crippen LogP contribution in [-0.4, -0.2) is 27.2 Å². The van der Waals surface area contributed by atoms with Gasteiger partial charge in [0.05, 0.1) is 27.4 Å². The Bertz CT molecular complexity index is 3290. The van der Waals surface area contributed by atoms with Crippen molar-refractivity contribution in [2.75, 3.05) is 0 Å². The molecular formula is C52H34N4Si. The number of fused-ring (bicyclic) bond motifs is 10. The van der Waals surface area contributed by atoms with Crippen molar-refractivity contribution in [2.45, 2.75) is 0 Å². The molecule has 0 amide bonds. The SMILES string of the molecule is c1ccc(-c2nc(-n3c4ccccc4c4c3ccc3c5ccccc5n(-c5ccccc5)c34)c3c(n2)[Si](c2ccccc2)(c2ccccc2)c2ccccc2-3)cc1. The molecule has 12 rings (SSSR count). The molecule has 4 nitrogen and oxygen atoms in total. The summed E-state index contributed by atoms with van der Waals surface area (Å²) in [5, 5.41) is 9.93. The van der Waals surface area contributed by atoms with Crippen LogP contribution in [0.1, 0.15) is 0 Å². The van der Waals surface area contributed by atoms with E-state index in [-0.39, 0.29) is 0 Å². The number of hydrogen-bond donors (Lipinski definition) is 0. The van der Waals surface area contributed by atoms with E-state index in [1.54, 1.807) is 0 Å². The van der Waals surface area contributed by atoms with Gasteiger partial charge in [0.2, 0.25) is 8.07 Å². The minimum atomic E-state index is -2.96. The second kappa shape index (κ2) is 12.3. The van der Waals surface area contributed by atoms with Gasteiger partial charge in [-0.15, -0.1) is 0 Å². The average molecular weight is 743 g/mol. The standard InChI is InChI=1S/C52H34N4Si/c1-5-19-35(20-6-1)50-53-51(48-42-29-15-18-32-46(42)57(52(48)54-50,37-23-9-3-10-24-37)38-25-11-4-12-26-38)56-44-31-17-14-28-41(44)47-45(56)34-33-40-39-27-13-16-30-43(39)55(49(40)47)36-21-7-2-8-22-36/h1-34H. The summed E-state index contributed by atoms with van der Waals surface area (Å²) in [7, 11) is -2.96. The van der Waals surface area contributed by atoms with E-state index in [2.05, 4.69) is 215 Å². The molecule has 5 heteroatoms. The minimum absolute atomic E-state index is 0.728. The molecule has 11 aromatic rings. The van der Waals surface area contributed by atoms with Gasteiger partial charge in [-0.25, -0.2) is 9.97 Å². The van der Waals surface area contributed by atoms with Crippen LogP contribution in [0.2, 0.25) is 0 Å². The lowest BCUT2D eigenvalue weighted by Gasteiger charge is -2.30. The summed E-state index contributed by atoms with van der Waals surface area (Å²) in [6.45, 7) is 0. The van der Waals surface area contributed by atoms with Crippen molar-refractivity contribution in [3.05, 3.63) is 206 Å². The Labute approximate surface area is 330 Å². The van der Waals surface area contributed by atoms with Gasteiger partial charge in [0, 0.05) is 38.4 Å². The van der Waals surface area contributed by atoms with Crippen molar-refractivity contribution in [1.82, 2.24) is 19.1 Å². The number of aromatic nitrogens is 4. The van der Waals surface area contributed by atoms with Crippen LogP contribution in [-0.2, 0) is 0 Å². The first kappa shape index (κ1) is 32.0. The zero-order valence-electron chi connectivity index (χ0n) is 30.9. The van der Waals surface area contributed by atoms with E-state index in [0.717, 1.165) is 44.8 Å². The van der Waals surface area contributed by atoms with Gasteiger partial charge in [-0.1, -0.05) is 176 Å². The molecule has 0 saturated heterocycles. The van der Waals surface area contributed by atoms with Gasteiger partial charge >= 0.3 is 0 Å². The van der Waals surface area contributed by atoms with E-state index >= 15 is 0 Å². The Morgan fingerprint density at radius 3 is 1.67 bits per heavy atom. The van der Waals surface area contributed by atoms with Crippen LogP contribution in [0.25, 0.3) is 77.6 Å². The molecular weight excluding hydrogens is 709 g/mol. The molecule has 266 valence electrons. The maximum atomic E-state index is 5.74. The molecule has 0 atom stereocenters. The Kier molecular flexibility index (Phi) is 6.91. The van der Waals surface area contributed by atoms with Crippen molar-refractivity contribution >= 4 is 72.6 Å². The van der Waals surface area contributed by atoms with Gasteiger partial charge in [0.1, 0.15) is 5.82 Å². The van der Waals surface area contributed by atoms with E-state index in [0.29, 0.717) is 0 Å². The van der Waals surface area contributed by atoms with E-state index in [4.69, 9.17) is 9.97 Å². The number of hydrogen-bond acceptors (Lipinski definition) is 2. The third-order valence-corrected chi connectivity index (χ3v) is 16.7. The fraction of sp³-hybridized carbons (Fsp3) is 0. The van der Waals surface area contributed by atoms with Crippen LogP contribution in [0.5, 0.6) is 0 Å². The molecule has 0 aliphatic carbocycles. The molecule has 3 aromatic heterocycles. The van der Waals surface area contributed by atoms with E-state index in [1.165, 1.54) is 53.7 Å². The predicted octanol–water partition coefficient (Wildman–Crippen LogP) is 9.70. The highest BCUT2D eigenvalue weighted by atomic mass is 28.3. The fourth-order valence-electron chi connectivity index (χ4n) is 9.71. The zero-order chi connectivity index (χ0) is 37.5. The second-order valence-corrected chi connectivity index (χ2v) is 18.6. The highest BCUT2D eigenvalue weighted by Crippen LogP contribution is 2.43. The van der Waals surface area contributed by atoms with Gasteiger partial charge in [-0.3, -0.25) is 4.57 Å². The molecule has 0 spiro atoms. The summed E-state index contributed by atoms with van der Waals surface area (Å²) in [6.07, 6.45) is 0. The quantitative estimate of drug-likeness (QED) is 0.165. The second-order valence-electron chi connectivity index (χ2n) is 14.9. The largest absolute Gasteiger partial charge is 0.309 e. The monoisotopic (exact) mass is 742 g/mol. The van der Waals surface area contributed by atoms with Crippen LogP contribution in [0.4, 0.5) is 0 Å². The summed E-state index contributed by atoms with van der Waals surface area (Å²) in [4.78, 5) is 11.4. The molecule has 1 aliphatic heterocycles. The maximum Gasteiger partial charge on any atom is 0.203 e. The topological polar surface area (TPSA) is 35.6 Å². The fourth-order valence-corrected chi connectivity index (χ4v) is 14.7. The van der Waals surface area contributed by atoms with E-state index in [9.17, 15) is 0 Å². The zero-order valence-corrected chi connectivity index (χ0v) is 31.9. The molecule has 4 heterocycles. The average Bonchev–Trinajstić information content (AvgIpc) is 3.92. The number of rotatable bonds is 5. The van der Waals surface area contributed by atoms with Gasteiger partial charge in [0.15, 0.2) is 5.82 Å². The highest BCUT2D eigenvalue weighted by molar-refractivity contribution is 7.21. The summed E-state index contributed by atoms with van der Waals surface area (Å²) < 4.78 is 4.88. The summed E-state index contributed by atoms with van der Waals surface area (Å²) in [6, 6.07) is 74.7. The third-order valence-electron chi connectivity index (χ3n) is 12.0. The first-order valence-corrected chi connectivity index (χ1v) is 21.5. The van der Waals surface area contributed by atoms with Crippen molar-refractivity contribution in [3.63, 3.8) is 0 Å². The normalized spacial score (nSPS) is 13.1. The number of para-hydroxylation sites is 3. The molecule has 0 N–H and O–H groups in total. The Hall–Kier alpha value is -7.34. The van der Waals surface area contributed by atoms with E-state index < -0.39 is 8.07 Å². The molecule has 0 saturated carbocycles. The van der Waals surface area contributed by atoms with Crippen molar-refractivity contribution in [3.8, 4) is 34.0 Å². The number of benzene rings is 8. The summed E-state index contributed by atoms with van der Waals surface area (Å²) in [5.74, 6) is 1.63. The lowest BCUT2D eigenvalue weighted by molar-refractivity contribution is 1.06. The van der Waals surface area contributed by atoms with Gasteiger partial charge in [-0.05, 0) is 51.5 Å². The lowest BCUT2D eigenvalue weighted by Crippen LogP contribution is -2.73. The van der Waals surface area contributed by atoms with E-state index in [1.807, 2.05) is 0 Å². The van der Waals surface area contributed by atoms with Crippen molar-refractivity contribution < 1.29 is 0 Å². The van der Waals surface area contributed by atoms with Crippen molar-refractivity contribution in [1.29, 1.82) is 0 Å². The molecule has 0 radical (unpaired) electrons. The predicted molar refractivity (Wildman–Crippen MR) is 239 cm³/mol. The molecule has 0 fully saturated rings. The van der Waals surface area contributed by atoms with Gasteiger partial charge in [-0.2, -0.15) is 0 Å². The van der Waals surface area contributed by atoms with Crippen LogP contribution in [0, 0.1) is 0 Å². The summed E-state index contributed by atoms with van der Waals surface area (Å²) in [5.41, 5.74) is 9.05. The molecule has 1 aliphatic rings. The Morgan fingerprint density at radius 1 is 0.404 bits per heavy atom. The third kappa shape index (κ3) is 4.43. The minimum Gasteiger partial charge on any atom is -0.309 e. The summed E-state index contributed by atoms with van der Waals surface area (Å²) >= 11 is 0. The molecule has 0 bridgehead atoms. The maximum absolute atomic E-state index is 5.74. The smallest absolute Gasteiger partial charge is 0.203 e. The molecule has 8 aromatic carbocycles. The van der Waals surface area contributed by atoms with Crippen LogP contribution >= 0.6 is 0 Å². The van der Waals surface area contributed by atoms with Crippen LogP contribution in [0.3, 0.4) is 0 Å². The first-order chi connectivity index (χ1) is 28.3. The Balaban J connectivity index is 1.29. The van der Waals surface area contributed by atoms with Crippen molar-refractivity contribution in [2.24, 2.45) is 0 Å². The molecule has 57 heavy (non-hydrogen) atoms. The van der Waals surface area contributed by atoms with Gasteiger partial charge < -0.3 is 4.57 Å². The van der Waals surface area contributed by atoms with Crippen LogP contribution < -0.4 is 20.9 Å². The highest BCUT2D eigenvalue weighted by Gasteiger charge is 2.52. The molecule has 0 unspecified atom stereocenters. The first-order valence-electron chi connectivity index (χ1n) is 19.5. The van der Waals surface area contributed by atoms with Crippen LogP contribution in [0.15, 0.2) is 206 Å². The number of nitrogens with zero attached hydrogens (tertiary/aromatic N) is 4. The Morgan fingerprint density at radius 2 is 0.965 bits per heavy atom.